The molecule has 0 bridgehead atoms. The van der Waals surface area contributed by atoms with E-state index in [1.54, 1.807) is 23.5 Å². The van der Waals surface area contributed by atoms with Crippen LogP contribution in [0.4, 0.5) is 5.82 Å². The van der Waals surface area contributed by atoms with Gasteiger partial charge in [0.2, 0.25) is 5.28 Å². The van der Waals surface area contributed by atoms with Crippen molar-refractivity contribution in [3.8, 4) is 16.9 Å². The first-order chi connectivity index (χ1) is 12.2. The van der Waals surface area contributed by atoms with Crippen LogP contribution in [-0.2, 0) is 6.54 Å². The molecule has 0 spiro atoms. The fraction of sp³-hybridized carbons (Fsp3) is 0.0526. The quantitative estimate of drug-likeness (QED) is 0.479. The Morgan fingerprint density at radius 3 is 2.52 bits per heavy atom. The van der Waals surface area contributed by atoms with E-state index < -0.39 is 0 Å². The van der Waals surface area contributed by atoms with Crippen LogP contribution in [0, 0.1) is 0 Å². The Morgan fingerprint density at radius 2 is 1.76 bits per heavy atom. The van der Waals surface area contributed by atoms with Gasteiger partial charge in [-0.2, -0.15) is 0 Å². The lowest BCUT2D eigenvalue weighted by molar-refractivity contribution is 0.475. The van der Waals surface area contributed by atoms with E-state index in [2.05, 4.69) is 32.8 Å². The molecule has 25 heavy (non-hydrogen) atoms. The number of nitrogens with one attached hydrogen (secondary N) is 1. The summed E-state index contributed by atoms with van der Waals surface area (Å²) in [6, 6.07) is 17.2. The zero-order chi connectivity index (χ0) is 17.2. The molecular formula is C19H14ClN3OS. The third kappa shape index (κ3) is 3.29. The van der Waals surface area contributed by atoms with Crippen molar-refractivity contribution in [3.63, 3.8) is 0 Å². The van der Waals surface area contributed by atoms with Gasteiger partial charge < -0.3 is 10.4 Å². The average molecular weight is 368 g/mol. The molecule has 124 valence electrons. The Hall–Kier alpha value is -2.63. The summed E-state index contributed by atoms with van der Waals surface area (Å²) in [7, 11) is 0. The fourth-order valence-corrected chi connectivity index (χ4v) is 3.84. The number of rotatable bonds is 4. The predicted octanol–water partition coefficient (Wildman–Crippen LogP) is 5.33. The number of hydrogen-bond donors (Lipinski definition) is 2. The normalized spacial score (nSPS) is 10.9. The van der Waals surface area contributed by atoms with Crippen LogP contribution in [0.3, 0.4) is 0 Å². The van der Waals surface area contributed by atoms with Crippen LogP contribution < -0.4 is 5.32 Å². The lowest BCUT2D eigenvalue weighted by Crippen LogP contribution is -2.03. The van der Waals surface area contributed by atoms with Crippen LogP contribution in [-0.4, -0.2) is 15.1 Å². The van der Waals surface area contributed by atoms with E-state index in [-0.39, 0.29) is 11.0 Å². The van der Waals surface area contributed by atoms with Crippen molar-refractivity contribution in [2.75, 3.05) is 5.32 Å². The molecule has 2 aromatic carbocycles. The Balaban J connectivity index is 1.74. The molecule has 6 heteroatoms. The second-order valence-electron chi connectivity index (χ2n) is 5.56. The van der Waals surface area contributed by atoms with E-state index in [0.29, 0.717) is 12.4 Å². The third-order valence-electron chi connectivity index (χ3n) is 3.89. The summed E-state index contributed by atoms with van der Waals surface area (Å²) < 4.78 is 0. The summed E-state index contributed by atoms with van der Waals surface area (Å²) in [5, 5.41) is 16.0. The maximum atomic E-state index is 9.40. The van der Waals surface area contributed by atoms with Crippen LogP contribution in [0.25, 0.3) is 21.3 Å². The van der Waals surface area contributed by atoms with Gasteiger partial charge in [-0.15, -0.1) is 11.3 Å². The second-order valence-corrected chi connectivity index (χ2v) is 6.75. The van der Waals surface area contributed by atoms with Gasteiger partial charge in [-0.25, -0.2) is 9.97 Å². The minimum Gasteiger partial charge on any atom is -0.508 e. The molecule has 4 nitrogen and oxygen atoms in total. The molecule has 2 aromatic heterocycles. The molecule has 0 amide bonds. The highest BCUT2D eigenvalue weighted by Crippen LogP contribution is 2.37. The van der Waals surface area contributed by atoms with Gasteiger partial charge >= 0.3 is 0 Å². The van der Waals surface area contributed by atoms with Crippen molar-refractivity contribution in [2.24, 2.45) is 0 Å². The maximum Gasteiger partial charge on any atom is 0.225 e. The predicted molar refractivity (Wildman–Crippen MR) is 103 cm³/mol. The molecule has 0 saturated heterocycles. The highest BCUT2D eigenvalue weighted by molar-refractivity contribution is 7.17. The smallest absolute Gasteiger partial charge is 0.225 e. The third-order valence-corrected chi connectivity index (χ3v) is 4.93. The standard InChI is InChI=1S/C19H14ClN3OS/c20-19-22-17(21-10-12-6-8-14(24)9-7-12)16-15(11-25-18(16)23-19)13-4-2-1-3-5-13/h1-9,11,24H,10H2,(H,21,22,23). The monoisotopic (exact) mass is 367 g/mol. The van der Waals surface area contributed by atoms with Gasteiger partial charge in [-0.1, -0.05) is 42.5 Å². The molecule has 2 N–H and O–H groups in total. The zero-order valence-electron chi connectivity index (χ0n) is 13.1. The summed E-state index contributed by atoms with van der Waals surface area (Å²) in [6.07, 6.45) is 0. The highest BCUT2D eigenvalue weighted by Gasteiger charge is 2.14. The van der Waals surface area contributed by atoms with Gasteiger partial charge in [0.25, 0.3) is 0 Å². The molecule has 0 aliphatic heterocycles. The number of halogens is 1. The molecule has 0 radical (unpaired) electrons. The number of aromatic hydroxyl groups is 1. The topological polar surface area (TPSA) is 58.0 Å². The van der Waals surface area contributed by atoms with Gasteiger partial charge in [-0.3, -0.25) is 0 Å². The lowest BCUT2D eigenvalue weighted by atomic mass is 10.1. The number of nitrogens with zero attached hydrogens (tertiary/aromatic N) is 2. The van der Waals surface area contributed by atoms with Gasteiger partial charge in [0.05, 0.1) is 5.39 Å². The maximum absolute atomic E-state index is 9.40. The summed E-state index contributed by atoms with van der Waals surface area (Å²) >= 11 is 7.65. The van der Waals surface area contributed by atoms with Crippen molar-refractivity contribution in [1.29, 1.82) is 0 Å². The Labute approximate surface area is 153 Å². The van der Waals surface area contributed by atoms with Crippen molar-refractivity contribution in [2.45, 2.75) is 6.54 Å². The lowest BCUT2D eigenvalue weighted by Gasteiger charge is -2.09. The zero-order valence-corrected chi connectivity index (χ0v) is 14.7. The summed E-state index contributed by atoms with van der Waals surface area (Å²) in [6.45, 7) is 0.576. The van der Waals surface area contributed by atoms with Crippen molar-refractivity contribution < 1.29 is 5.11 Å². The first-order valence-corrected chi connectivity index (χ1v) is 8.98. The first kappa shape index (κ1) is 15.9. The summed E-state index contributed by atoms with van der Waals surface area (Å²) in [5.74, 6) is 0.962. The number of anilines is 1. The van der Waals surface area contributed by atoms with Crippen LogP contribution >= 0.6 is 22.9 Å². The SMILES string of the molecule is Oc1ccc(CNc2nc(Cl)nc3scc(-c4ccccc4)c23)cc1. The largest absolute Gasteiger partial charge is 0.508 e. The number of benzene rings is 2. The number of phenolic OH excluding ortho intramolecular Hbond substituents is 1. The number of aromatic nitrogens is 2. The van der Waals surface area contributed by atoms with E-state index in [0.717, 1.165) is 26.9 Å². The first-order valence-electron chi connectivity index (χ1n) is 7.72. The molecule has 4 rings (SSSR count). The van der Waals surface area contributed by atoms with Gasteiger partial charge in [0.1, 0.15) is 16.4 Å². The molecule has 0 saturated carbocycles. The number of fused-ring (bicyclic) bond motifs is 1. The van der Waals surface area contributed by atoms with E-state index >= 15 is 0 Å². The van der Waals surface area contributed by atoms with Crippen LogP contribution in [0.2, 0.25) is 5.28 Å². The van der Waals surface area contributed by atoms with Crippen molar-refractivity contribution >= 4 is 39.0 Å². The average Bonchev–Trinajstić information content (AvgIpc) is 3.05. The summed E-state index contributed by atoms with van der Waals surface area (Å²) in [4.78, 5) is 9.60. The molecule has 0 atom stereocenters. The van der Waals surface area contributed by atoms with Gasteiger partial charge in [0.15, 0.2) is 0 Å². The Bertz CT molecular complexity index is 1020. The van der Waals surface area contributed by atoms with Gasteiger partial charge in [-0.05, 0) is 34.9 Å². The van der Waals surface area contributed by atoms with E-state index in [4.69, 9.17) is 11.6 Å². The van der Waals surface area contributed by atoms with Crippen LogP contribution in [0.1, 0.15) is 5.56 Å². The Morgan fingerprint density at radius 1 is 1.00 bits per heavy atom. The van der Waals surface area contributed by atoms with E-state index in [1.807, 2.05) is 30.3 Å². The Kier molecular flexibility index (Phi) is 4.26. The number of phenols is 1. The van der Waals surface area contributed by atoms with Gasteiger partial charge in [0, 0.05) is 17.5 Å². The molecule has 0 fully saturated rings. The van der Waals surface area contributed by atoms with E-state index in [9.17, 15) is 5.11 Å². The summed E-state index contributed by atoms with van der Waals surface area (Å²) in [5.41, 5.74) is 3.25. The number of hydrogen-bond acceptors (Lipinski definition) is 5. The van der Waals surface area contributed by atoms with Crippen molar-refractivity contribution in [1.82, 2.24) is 9.97 Å². The van der Waals surface area contributed by atoms with E-state index in [1.165, 1.54) is 0 Å². The molecule has 2 heterocycles. The second kappa shape index (κ2) is 6.70. The minimum atomic E-state index is 0.224. The van der Waals surface area contributed by atoms with Crippen LogP contribution in [0.5, 0.6) is 5.75 Å². The molecular weight excluding hydrogens is 354 g/mol. The molecule has 4 aromatic rings. The number of thiophene rings is 1. The fourth-order valence-electron chi connectivity index (χ4n) is 2.67. The molecule has 0 aliphatic rings. The molecule has 0 unspecified atom stereocenters. The van der Waals surface area contributed by atoms with Crippen LogP contribution in [0.15, 0.2) is 60.0 Å². The molecule has 0 aliphatic carbocycles. The minimum absolute atomic E-state index is 0.224. The highest BCUT2D eigenvalue weighted by atomic mass is 35.5. The van der Waals surface area contributed by atoms with Crippen molar-refractivity contribution in [3.05, 3.63) is 70.8 Å².